The van der Waals surface area contributed by atoms with E-state index in [4.69, 9.17) is 4.74 Å². The Morgan fingerprint density at radius 2 is 1.76 bits per heavy atom. The van der Waals surface area contributed by atoms with E-state index in [1.165, 1.54) is 6.92 Å². The smallest absolute Gasteiger partial charge is 0.160 e. The van der Waals surface area contributed by atoms with Gasteiger partial charge in [-0.05, 0) is 56.7 Å². The molecule has 132 valence electrons. The molecule has 0 aromatic heterocycles. The number of hydrogen-bond donors (Lipinski definition) is 1. The van der Waals surface area contributed by atoms with Crippen LogP contribution in [0.5, 0.6) is 11.5 Å². The number of ketones is 1. The summed E-state index contributed by atoms with van der Waals surface area (Å²) in [5.74, 6) is 0.840. The third-order valence-electron chi connectivity index (χ3n) is 4.22. The number of aromatic hydroxyl groups is 1. The number of Topliss-reactive ketones (excluding diaryl/α,β-unsaturated/α-hetero) is 1. The van der Waals surface area contributed by atoms with Gasteiger partial charge >= 0.3 is 0 Å². The first kappa shape index (κ1) is 18.6. The molecule has 1 N–H and O–H groups in total. The number of nitrogens with zero attached hydrogens (tertiary/aromatic N) is 1. The highest BCUT2D eigenvalue weighted by Crippen LogP contribution is 2.29. The van der Waals surface area contributed by atoms with Crippen molar-refractivity contribution in [3.05, 3.63) is 53.6 Å². The maximum atomic E-state index is 12.1. The van der Waals surface area contributed by atoms with E-state index in [0.717, 1.165) is 30.1 Å². The molecule has 0 saturated heterocycles. The minimum absolute atomic E-state index is 0.0580. The molecule has 0 fully saturated rings. The fourth-order valence-electron chi connectivity index (χ4n) is 2.75. The molecule has 0 radical (unpaired) electrons. The first-order valence-electron chi connectivity index (χ1n) is 8.45. The Morgan fingerprint density at radius 3 is 2.24 bits per heavy atom. The van der Waals surface area contributed by atoms with E-state index in [1.54, 1.807) is 19.3 Å². The largest absolute Gasteiger partial charge is 0.507 e. The zero-order valence-electron chi connectivity index (χ0n) is 15.2. The zero-order chi connectivity index (χ0) is 18.4. The summed E-state index contributed by atoms with van der Waals surface area (Å²) in [4.78, 5) is 14.2. The van der Waals surface area contributed by atoms with Gasteiger partial charge in [0.2, 0.25) is 0 Å². The summed E-state index contributed by atoms with van der Waals surface area (Å²) in [6.45, 7) is 7.42. The Bertz CT molecular complexity index is 759. The van der Waals surface area contributed by atoms with Crippen molar-refractivity contribution in [2.24, 2.45) is 0 Å². The number of rotatable bonds is 7. The summed E-state index contributed by atoms with van der Waals surface area (Å²) in [5.41, 5.74) is 2.93. The predicted molar refractivity (Wildman–Crippen MR) is 103 cm³/mol. The molecule has 0 heterocycles. The Morgan fingerprint density at radius 1 is 1.12 bits per heavy atom. The Labute approximate surface area is 149 Å². The summed E-state index contributed by atoms with van der Waals surface area (Å²) in [7, 11) is 1.60. The van der Waals surface area contributed by atoms with Crippen molar-refractivity contribution >= 4 is 23.1 Å². The van der Waals surface area contributed by atoms with Crippen LogP contribution in [-0.2, 0) is 4.79 Å². The highest BCUT2D eigenvalue weighted by atomic mass is 16.5. The Hall–Kier alpha value is -2.75. The molecule has 0 spiro atoms. The monoisotopic (exact) mass is 339 g/mol. The molecule has 25 heavy (non-hydrogen) atoms. The molecule has 0 aliphatic rings. The fourth-order valence-corrected chi connectivity index (χ4v) is 2.75. The number of anilines is 1. The van der Waals surface area contributed by atoms with Gasteiger partial charge in [-0.3, -0.25) is 4.79 Å². The fraction of sp³-hybridized carbons (Fsp3) is 0.286. The third-order valence-corrected chi connectivity index (χ3v) is 4.22. The predicted octanol–water partition coefficient (Wildman–Crippen LogP) is 4.38. The minimum Gasteiger partial charge on any atom is -0.507 e. The maximum absolute atomic E-state index is 12.1. The van der Waals surface area contributed by atoms with Crippen molar-refractivity contribution < 1.29 is 14.6 Å². The minimum atomic E-state index is -0.0580. The van der Waals surface area contributed by atoms with Crippen molar-refractivity contribution in [3.8, 4) is 11.5 Å². The summed E-state index contributed by atoms with van der Waals surface area (Å²) >= 11 is 0. The van der Waals surface area contributed by atoms with Gasteiger partial charge < -0.3 is 14.7 Å². The molecule has 0 atom stereocenters. The van der Waals surface area contributed by atoms with E-state index < -0.39 is 0 Å². The van der Waals surface area contributed by atoms with Gasteiger partial charge in [-0.1, -0.05) is 12.1 Å². The van der Waals surface area contributed by atoms with Crippen LogP contribution in [0.2, 0.25) is 0 Å². The molecule has 4 nitrogen and oxygen atoms in total. The van der Waals surface area contributed by atoms with E-state index in [0.29, 0.717) is 11.1 Å². The molecule has 2 aromatic rings. The van der Waals surface area contributed by atoms with Crippen LogP contribution in [0.1, 0.15) is 31.9 Å². The van der Waals surface area contributed by atoms with E-state index in [-0.39, 0.29) is 11.5 Å². The number of carbonyl (C=O) groups excluding carboxylic acids is 1. The molecule has 2 rings (SSSR count). The van der Waals surface area contributed by atoms with Gasteiger partial charge in [-0.25, -0.2) is 0 Å². The van der Waals surface area contributed by atoms with E-state index >= 15 is 0 Å². The first-order chi connectivity index (χ1) is 12.0. The van der Waals surface area contributed by atoms with Crippen molar-refractivity contribution in [2.45, 2.75) is 20.8 Å². The number of phenols is 1. The number of benzene rings is 2. The average Bonchev–Trinajstić information content (AvgIpc) is 2.62. The molecular formula is C21H25NO3. The van der Waals surface area contributed by atoms with Crippen LogP contribution in [0.15, 0.2) is 42.5 Å². The second-order valence-electron chi connectivity index (χ2n) is 5.76. The van der Waals surface area contributed by atoms with Crippen molar-refractivity contribution in [2.75, 3.05) is 25.1 Å². The van der Waals surface area contributed by atoms with Gasteiger partial charge in [0.25, 0.3) is 0 Å². The van der Waals surface area contributed by atoms with Crippen LogP contribution in [0.3, 0.4) is 0 Å². The van der Waals surface area contributed by atoms with Gasteiger partial charge in [0, 0.05) is 36.0 Å². The highest BCUT2D eigenvalue weighted by Gasteiger charge is 2.11. The molecule has 0 unspecified atom stereocenters. The average molecular weight is 339 g/mol. The summed E-state index contributed by atoms with van der Waals surface area (Å²) in [6, 6.07) is 12.9. The lowest BCUT2D eigenvalue weighted by atomic mass is 9.99. The second kappa shape index (κ2) is 8.38. The first-order valence-corrected chi connectivity index (χ1v) is 8.45. The molecular weight excluding hydrogens is 314 g/mol. The lowest BCUT2D eigenvalue weighted by molar-refractivity contribution is -0.111. The summed E-state index contributed by atoms with van der Waals surface area (Å²) in [5, 5.41) is 10.4. The topological polar surface area (TPSA) is 49.8 Å². The molecule has 0 amide bonds. The number of methoxy groups -OCH3 is 1. The van der Waals surface area contributed by atoms with Crippen molar-refractivity contribution in [3.63, 3.8) is 0 Å². The van der Waals surface area contributed by atoms with Crippen LogP contribution < -0.4 is 9.64 Å². The normalized spacial score (nSPS) is 11.3. The second-order valence-corrected chi connectivity index (χ2v) is 5.76. The quantitative estimate of drug-likeness (QED) is 0.601. The van der Waals surface area contributed by atoms with Gasteiger partial charge in [0.1, 0.15) is 11.5 Å². The van der Waals surface area contributed by atoms with Gasteiger partial charge in [-0.15, -0.1) is 0 Å². The molecule has 0 aliphatic heterocycles. The van der Waals surface area contributed by atoms with Crippen LogP contribution in [-0.4, -0.2) is 31.1 Å². The number of ether oxygens (including phenoxy) is 1. The molecule has 0 saturated carbocycles. The standard InChI is InChI=1S/C21H25NO3/c1-5-22(6-2)18-10-7-17(21(24)14-18)13-20(15(3)23)16-8-11-19(25-4)12-9-16/h7-14,24H,5-6H2,1-4H3/b20-13-. The van der Waals surface area contributed by atoms with Gasteiger partial charge in [0.15, 0.2) is 5.78 Å². The van der Waals surface area contributed by atoms with Crippen LogP contribution in [0.4, 0.5) is 5.69 Å². The number of carbonyl (C=O) groups is 1. The van der Waals surface area contributed by atoms with E-state index in [2.05, 4.69) is 18.7 Å². The summed E-state index contributed by atoms with van der Waals surface area (Å²) in [6.07, 6.45) is 1.73. The van der Waals surface area contributed by atoms with E-state index in [1.807, 2.05) is 36.4 Å². The van der Waals surface area contributed by atoms with Crippen molar-refractivity contribution in [1.29, 1.82) is 0 Å². The number of hydrogen-bond acceptors (Lipinski definition) is 4. The van der Waals surface area contributed by atoms with Crippen LogP contribution in [0.25, 0.3) is 11.6 Å². The van der Waals surface area contributed by atoms with Crippen molar-refractivity contribution in [1.82, 2.24) is 0 Å². The molecule has 0 aliphatic carbocycles. The summed E-state index contributed by atoms with van der Waals surface area (Å²) < 4.78 is 5.15. The number of allylic oxidation sites excluding steroid dienone is 1. The zero-order valence-corrected chi connectivity index (χ0v) is 15.2. The lowest BCUT2D eigenvalue weighted by Gasteiger charge is -2.21. The number of phenolic OH excluding ortho intramolecular Hbond substituents is 1. The van der Waals surface area contributed by atoms with Gasteiger partial charge in [-0.2, -0.15) is 0 Å². The SMILES string of the molecule is CCN(CC)c1ccc(/C=C(/C(C)=O)c2ccc(OC)cc2)c(O)c1. The van der Waals surface area contributed by atoms with Gasteiger partial charge in [0.05, 0.1) is 7.11 Å². The van der Waals surface area contributed by atoms with E-state index in [9.17, 15) is 9.90 Å². The molecule has 2 aromatic carbocycles. The molecule has 0 bridgehead atoms. The molecule has 4 heteroatoms. The van der Waals surface area contributed by atoms with Crippen LogP contribution >= 0.6 is 0 Å². The maximum Gasteiger partial charge on any atom is 0.160 e. The Kier molecular flexibility index (Phi) is 6.23. The lowest BCUT2D eigenvalue weighted by Crippen LogP contribution is -2.21. The highest BCUT2D eigenvalue weighted by molar-refractivity contribution is 6.24. The third kappa shape index (κ3) is 4.41. The Balaban J connectivity index is 2.41. The van der Waals surface area contributed by atoms with Crippen LogP contribution in [0, 0.1) is 0 Å².